The Morgan fingerprint density at radius 2 is 2.08 bits per heavy atom. The SMILES string of the molecule is Cc1ccc(S(=O)(=O)N(C)C)cc1NC(=S)N/N=C/c1ccc[nH]1. The number of hydrazone groups is 1. The van der Waals surface area contributed by atoms with E-state index >= 15 is 0 Å². The third kappa shape index (κ3) is 4.40. The Labute approximate surface area is 146 Å². The number of hydrogen-bond acceptors (Lipinski definition) is 4. The van der Waals surface area contributed by atoms with Gasteiger partial charge in [0.05, 0.1) is 16.8 Å². The number of nitrogens with zero attached hydrogens (tertiary/aromatic N) is 2. The lowest BCUT2D eigenvalue weighted by Crippen LogP contribution is -2.25. The summed E-state index contributed by atoms with van der Waals surface area (Å²) in [6.07, 6.45) is 3.38. The Kier molecular flexibility index (Phi) is 5.71. The fourth-order valence-electron chi connectivity index (χ4n) is 1.84. The molecular formula is C15H19N5O2S2. The number of benzene rings is 1. The van der Waals surface area contributed by atoms with Gasteiger partial charge in [-0.1, -0.05) is 6.07 Å². The highest BCUT2D eigenvalue weighted by Crippen LogP contribution is 2.21. The predicted molar refractivity (Wildman–Crippen MR) is 99.8 cm³/mol. The van der Waals surface area contributed by atoms with Gasteiger partial charge in [-0.25, -0.2) is 12.7 Å². The summed E-state index contributed by atoms with van der Waals surface area (Å²) in [6, 6.07) is 8.56. The molecule has 2 aromatic rings. The molecule has 0 saturated carbocycles. The predicted octanol–water partition coefficient (Wildman–Crippen LogP) is 1.89. The number of hydrogen-bond donors (Lipinski definition) is 3. The molecule has 9 heteroatoms. The van der Waals surface area contributed by atoms with E-state index in [0.29, 0.717) is 5.69 Å². The van der Waals surface area contributed by atoms with Crippen LogP contribution < -0.4 is 10.7 Å². The van der Waals surface area contributed by atoms with Crippen LogP contribution in [0, 0.1) is 6.92 Å². The molecule has 0 aliphatic rings. The zero-order valence-corrected chi connectivity index (χ0v) is 15.2. The number of anilines is 1. The van der Waals surface area contributed by atoms with Gasteiger partial charge in [-0.2, -0.15) is 5.10 Å². The van der Waals surface area contributed by atoms with Crippen molar-refractivity contribution in [3.8, 4) is 0 Å². The summed E-state index contributed by atoms with van der Waals surface area (Å²) >= 11 is 5.17. The van der Waals surface area contributed by atoms with Gasteiger partial charge in [0.15, 0.2) is 5.11 Å². The molecule has 3 N–H and O–H groups in total. The summed E-state index contributed by atoms with van der Waals surface area (Å²) in [5, 5.41) is 7.22. The van der Waals surface area contributed by atoms with Crippen molar-refractivity contribution in [2.75, 3.05) is 19.4 Å². The molecule has 0 bridgehead atoms. The van der Waals surface area contributed by atoms with Crippen molar-refractivity contribution < 1.29 is 8.42 Å². The average Bonchev–Trinajstić information content (AvgIpc) is 3.02. The fraction of sp³-hybridized carbons (Fsp3) is 0.200. The first-order valence-corrected chi connectivity index (χ1v) is 8.92. The van der Waals surface area contributed by atoms with Gasteiger partial charge in [-0.15, -0.1) is 0 Å². The van der Waals surface area contributed by atoms with E-state index in [-0.39, 0.29) is 10.0 Å². The minimum atomic E-state index is -3.50. The summed E-state index contributed by atoms with van der Waals surface area (Å²) in [5.41, 5.74) is 4.99. The average molecular weight is 365 g/mol. The second-order valence-electron chi connectivity index (χ2n) is 5.21. The van der Waals surface area contributed by atoms with Crippen molar-refractivity contribution in [3.05, 3.63) is 47.8 Å². The van der Waals surface area contributed by atoms with Crippen molar-refractivity contribution in [1.29, 1.82) is 0 Å². The van der Waals surface area contributed by atoms with E-state index < -0.39 is 10.0 Å². The maximum atomic E-state index is 12.2. The van der Waals surface area contributed by atoms with Crippen LogP contribution in [-0.2, 0) is 10.0 Å². The Bertz CT molecular complexity index is 843. The first-order chi connectivity index (χ1) is 11.3. The minimum Gasteiger partial charge on any atom is -0.360 e. The summed E-state index contributed by atoms with van der Waals surface area (Å²) in [5.74, 6) is 0. The van der Waals surface area contributed by atoms with Gasteiger partial charge < -0.3 is 10.3 Å². The minimum absolute atomic E-state index is 0.193. The van der Waals surface area contributed by atoms with E-state index in [4.69, 9.17) is 12.2 Å². The van der Waals surface area contributed by atoms with Gasteiger partial charge in [0, 0.05) is 26.0 Å². The lowest BCUT2D eigenvalue weighted by molar-refractivity contribution is 0.521. The second-order valence-corrected chi connectivity index (χ2v) is 7.77. The van der Waals surface area contributed by atoms with Gasteiger partial charge in [-0.05, 0) is 49.0 Å². The normalized spacial score (nSPS) is 11.8. The summed E-state index contributed by atoms with van der Waals surface area (Å²) in [7, 11) is -0.523. The molecule has 0 spiro atoms. The van der Waals surface area contributed by atoms with E-state index in [2.05, 4.69) is 20.8 Å². The molecular weight excluding hydrogens is 346 g/mol. The van der Waals surface area contributed by atoms with Crippen LogP contribution >= 0.6 is 12.2 Å². The zero-order chi connectivity index (χ0) is 17.7. The number of thiocarbonyl (C=S) groups is 1. The molecule has 0 aliphatic heterocycles. The molecule has 128 valence electrons. The van der Waals surface area contributed by atoms with E-state index in [1.165, 1.54) is 18.4 Å². The molecule has 1 heterocycles. The van der Waals surface area contributed by atoms with Crippen molar-refractivity contribution in [3.63, 3.8) is 0 Å². The lowest BCUT2D eigenvalue weighted by Gasteiger charge is -2.15. The third-order valence-corrected chi connectivity index (χ3v) is 5.23. The molecule has 0 fully saturated rings. The first kappa shape index (κ1) is 18.1. The van der Waals surface area contributed by atoms with Crippen LogP contribution in [0.1, 0.15) is 11.3 Å². The highest BCUT2D eigenvalue weighted by atomic mass is 32.2. The maximum Gasteiger partial charge on any atom is 0.242 e. The van der Waals surface area contributed by atoms with Crippen LogP contribution in [0.25, 0.3) is 0 Å². The van der Waals surface area contributed by atoms with E-state index in [1.54, 1.807) is 30.6 Å². The van der Waals surface area contributed by atoms with Gasteiger partial charge in [0.1, 0.15) is 0 Å². The molecule has 0 radical (unpaired) electrons. The van der Waals surface area contributed by atoms with E-state index in [9.17, 15) is 8.42 Å². The van der Waals surface area contributed by atoms with Gasteiger partial charge in [0.25, 0.3) is 0 Å². The zero-order valence-electron chi connectivity index (χ0n) is 13.6. The quantitative estimate of drug-likeness (QED) is 0.428. The second kappa shape index (κ2) is 7.56. The maximum absolute atomic E-state index is 12.2. The number of nitrogens with one attached hydrogen (secondary N) is 3. The summed E-state index contributed by atoms with van der Waals surface area (Å²) < 4.78 is 25.6. The van der Waals surface area contributed by atoms with Crippen LogP contribution in [0.15, 0.2) is 46.5 Å². The standard InChI is InChI=1S/C15H19N5O2S2/c1-11-6-7-13(24(21,22)20(2)3)9-14(11)18-15(23)19-17-10-12-5-4-8-16-12/h4-10,16H,1-3H3,(H2,18,19,23)/b17-10+. The van der Waals surface area contributed by atoms with Crippen molar-refractivity contribution >= 4 is 39.3 Å². The Hall–Kier alpha value is -2.23. The number of aromatic nitrogens is 1. The van der Waals surface area contributed by atoms with Crippen molar-refractivity contribution in [2.45, 2.75) is 11.8 Å². The van der Waals surface area contributed by atoms with Crippen LogP contribution in [0.5, 0.6) is 0 Å². The smallest absolute Gasteiger partial charge is 0.242 e. The molecule has 1 aromatic carbocycles. The number of H-pyrrole nitrogens is 1. The molecule has 1 aromatic heterocycles. The number of aryl methyl sites for hydroxylation is 1. The molecule has 0 atom stereocenters. The van der Waals surface area contributed by atoms with Crippen LogP contribution in [-0.4, -0.2) is 43.1 Å². The number of rotatable bonds is 5. The highest BCUT2D eigenvalue weighted by molar-refractivity contribution is 7.89. The van der Waals surface area contributed by atoms with Gasteiger partial charge in [-0.3, -0.25) is 5.43 Å². The molecule has 0 amide bonds. The number of sulfonamides is 1. The van der Waals surface area contributed by atoms with E-state index in [0.717, 1.165) is 11.3 Å². The van der Waals surface area contributed by atoms with Gasteiger partial charge in [0.2, 0.25) is 10.0 Å². The Morgan fingerprint density at radius 3 is 2.71 bits per heavy atom. The Morgan fingerprint density at radius 1 is 1.33 bits per heavy atom. The lowest BCUT2D eigenvalue weighted by atomic mass is 10.2. The monoisotopic (exact) mass is 365 g/mol. The van der Waals surface area contributed by atoms with Crippen LogP contribution in [0.4, 0.5) is 5.69 Å². The first-order valence-electron chi connectivity index (χ1n) is 7.07. The summed E-state index contributed by atoms with van der Waals surface area (Å²) in [6.45, 7) is 1.86. The van der Waals surface area contributed by atoms with Crippen LogP contribution in [0.3, 0.4) is 0 Å². The molecule has 0 unspecified atom stereocenters. The fourth-order valence-corrected chi connectivity index (χ4v) is 2.93. The van der Waals surface area contributed by atoms with E-state index in [1.807, 2.05) is 19.1 Å². The molecule has 24 heavy (non-hydrogen) atoms. The topological polar surface area (TPSA) is 89.6 Å². The van der Waals surface area contributed by atoms with Gasteiger partial charge >= 0.3 is 0 Å². The van der Waals surface area contributed by atoms with Crippen molar-refractivity contribution in [2.24, 2.45) is 5.10 Å². The third-order valence-electron chi connectivity index (χ3n) is 3.23. The largest absolute Gasteiger partial charge is 0.360 e. The van der Waals surface area contributed by atoms with Crippen LogP contribution in [0.2, 0.25) is 0 Å². The molecule has 0 aliphatic carbocycles. The number of aromatic amines is 1. The molecule has 0 saturated heterocycles. The molecule has 2 rings (SSSR count). The van der Waals surface area contributed by atoms with Crippen molar-refractivity contribution in [1.82, 2.24) is 14.7 Å². The Balaban J connectivity index is 2.10. The highest BCUT2D eigenvalue weighted by Gasteiger charge is 2.18. The molecule has 7 nitrogen and oxygen atoms in total. The summed E-state index contributed by atoms with van der Waals surface area (Å²) in [4.78, 5) is 3.17.